The van der Waals surface area contributed by atoms with Gasteiger partial charge in [0.15, 0.2) is 5.82 Å². The Bertz CT molecular complexity index is 1020. The van der Waals surface area contributed by atoms with Gasteiger partial charge in [0.05, 0.1) is 23.3 Å². The van der Waals surface area contributed by atoms with Gasteiger partial charge in [0, 0.05) is 47.4 Å². The molecule has 27 heavy (non-hydrogen) atoms. The zero-order valence-corrected chi connectivity index (χ0v) is 16.1. The number of aromatic nitrogens is 4. The minimum absolute atomic E-state index is 0.0320. The Labute approximate surface area is 157 Å². The number of anilines is 1. The summed E-state index contributed by atoms with van der Waals surface area (Å²) in [7, 11) is 7.18. The summed E-state index contributed by atoms with van der Waals surface area (Å²) in [6, 6.07) is 9.36. The Morgan fingerprint density at radius 2 is 1.89 bits per heavy atom. The molecule has 2 aromatic heterocycles. The molecule has 0 spiro atoms. The maximum Gasteiger partial charge on any atom is 0.293 e. The highest BCUT2D eigenvalue weighted by molar-refractivity contribution is 5.78. The zero-order chi connectivity index (χ0) is 19.6. The largest absolute Gasteiger partial charge is 0.358 e. The average molecular weight is 368 g/mol. The molecule has 8 nitrogen and oxygen atoms in total. The summed E-state index contributed by atoms with van der Waals surface area (Å²) >= 11 is 0. The second-order valence-corrected chi connectivity index (χ2v) is 6.72. The van der Waals surface area contributed by atoms with Crippen LogP contribution in [0.4, 0.5) is 5.82 Å². The van der Waals surface area contributed by atoms with E-state index in [9.17, 15) is 9.59 Å². The van der Waals surface area contributed by atoms with Gasteiger partial charge in [-0.1, -0.05) is 12.1 Å². The van der Waals surface area contributed by atoms with Crippen LogP contribution in [0.25, 0.3) is 11.0 Å². The van der Waals surface area contributed by atoms with Crippen LogP contribution in [0.15, 0.2) is 41.3 Å². The topological polar surface area (TPSA) is 76.3 Å². The van der Waals surface area contributed by atoms with Gasteiger partial charge in [-0.25, -0.2) is 4.98 Å². The molecule has 0 saturated carbocycles. The van der Waals surface area contributed by atoms with Crippen LogP contribution in [-0.4, -0.2) is 51.3 Å². The van der Waals surface area contributed by atoms with Gasteiger partial charge in [0.2, 0.25) is 5.91 Å². The van der Waals surface area contributed by atoms with Crippen LogP contribution in [0.3, 0.4) is 0 Å². The summed E-state index contributed by atoms with van der Waals surface area (Å²) in [5, 5.41) is 4.12. The van der Waals surface area contributed by atoms with Crippen LogP contribution in [0, 0.1) is 0 Å². The maximum absolute atomic E-state index is 12.8. The molecule has 1 amide bonds. The van der Waals surface area contributed by atoms with Crippen molar-refractivity contribution in [2.24, 2.45) is 7.05 Å². The lowest BCUT2D eigenvalue weighted by Gasteiger charge is -2.19. The molecule has 0 aliphatic carbocycles. The summed E-state index contributed by atoms with van der Waals surface area (Å²) in [5.41, 5.74) is 2.22. The van der Waals surface area contributed by atoms with Crippen molar-refractivity contribution in [2.45, 2.75) is 19.5 Å². The monoisotopic (exact) mass is 368 g/mol. The van der Waals surface area contributed by atoms with Crippen LogP contribution in [0.2, 0.25) is 0 Å². The maximum atomic E-state index is 12.8. The Kier molecular flexibility index (Phi) is 5.25. The predicted octanol–water partition coefficient (Wildman–Crippen LogP) is 1.24. The van der Waals surface area contributed by atoms with Crippen LogP contribution < -0.4 is 10.5 Å². The number of benzene rings is 1. The van der Waals surface area contributed by atoms with Gasteiger partial charge >= 0.3 is 0 Å². The number of fused-ring (bicyclic) bond motifs is 1. The van der Waals surface area contributed by atoms with Crippen molar-refractivity contribution in [3.05, 3.63) is 52.6 Å². The van der Waals surface area contributed by atoms with E-state index in [0.29, 0.717) is 18.9 Å². The number of hydrogen-bond donors (Lipinski definition) is 0. The second kappa shape index (κ2) is 7.61. The Balaban J connectivity index is 1.82. The van der Waals surface area contributed by atoms with Gasteiger partial charge in [0.25, 0.3) is 5.56 Å². The zero-order valence-electron chi connectivity index (χ0n) is 16.1. The quantitative estimate of drug-likeness (QED) is 0.654. The third kappa shape index (κ3) is 3.84. The molecular weight excluding hydrogens is 344 g/mol. The second-order valence-electron chi connectivity index (χ2n) is 6.72. The molecule has 1 aromatic carbocycles. The number of carbonyl (C=O) groups excluding carboxylic acids is 1. The van der Waals surface area contributed by atoms with Crippen LogP contribution in [0.5, 0.6) is 0 Å². The standard InChI is InChI=1S/C19H24N6O2/c1-22(2)18-19(27)25(16-8-6-5-7-15(16)21-18)12-10-17(26)23(3)13-14-9-11-20-24(14)4/h5-9,11H,10,12-13H2,1-4H3. The lowest BCUT2D eigenvalue weighted by atomic mass is 10.2. The van der Waals surface area contributed by atoms with Crippen molar-refractivity contribution in [2.75, 3.05) is 26.0 Å². The van der Waals surface area contributed by atoms with Crippen molar-refractivity contribution in [1.82, 2.24) is 24.2 Å². The fourth-order valence-corrected chi connectivity index (χ4v) is 2.98. The lowest BCUT2D eigenvalue weighted by Crippen LogP contribution is -2.32. The Hall–Kier alpha value is -3.16. The van der Waals surface area contributed by atoms with E-state index in [4.69, 9.17) is 0 Å². The fraction of sp³-hybridized carbons (Fsp3) is 0.368. The van der Waals surface area contributed by atoms with E-state index in [1.165, 1.54) is 0 Å². The smallest absolute Gasteiger partial charge is 0.293 e. The van der Waals surface area contributed by atoms with E-state index in [0.717, 1.165) is 16.7 Å². The normalized spacial score (nSPS) is 11.0. The van der Waals surface area contributed by atoms with E-state index in [1.807, 2.05) is 37.4 Å². The molecule has 0 atom stereocenters. The van der Waals surface area contributed by atoms with E-state index >= 15 is 0 Å². The van der Waals surface area contributed by atoms with Crippen LogP contribution in [-0.2, 0) is 24.9 Å². The molecule has 0 fully saturated rings. The minimum atomic E-state index is -0.194. The SMILES string of the molecule is CN(Cc1ccnn1C)C(=O)CCn1c(=O)c(N(C)C)nc2ccccc21. The van der Waals surface area contributed by atoms with Crippen LogP contribution >= 0.6 is 0 Å². The molecule has 0 bridgehead atoms. The molecule has 142 valence electrons. The average Bonchev–Trinajstić information content (AvgIpc) is 3.04. The molecule has 3 aromatic rings. The van der Waals surface area contributed by atoms with Crippen molar-refractivity contribution in [1.29, 1.82) is 0 Å². The van der Waals surface area contributed by atoms with Crippen molar-refractivity contribution in [3.63, 3.8) is 0 Å². The minimum Gasteiger partial charge on any atom is -0.358 e. The van der Waals surface area contributed by atoms with Gasteiger partial charge in [-0.2, -0.15) is 5.10 Å². The summed E-state index contributed by atoms with van der Waals surface area (Å²) in [4.78, 5) is 33.2. The summed E-state index contributed by atoms with van der Waals surface area (Å²) in [6.45, 7) is 0.779. The van der Waals surface area contributed by atoms with E-state index in [-0.39, 0.29) is 17.9 Å². The van der Waals surface area contributed by atoms with E-state index < -0.39 is 0 Å². The molecule has 0 saturated heterocycles. The highest BCUT2D eigenvalue weighted by Gasteiger charge is 2.15. The van der Waals surface area contributed by atoms with Gasteiger partial charge in [-0.05, 0) is 18.2 Å². The number of para-hydroxylation sites is 2. The number of carbonyl (C=O) groups is 1. The molecule has 8 heteroatoms. The van der Waals surface area contributed by atoms with Crippen molar-refractivity contribution < 1.29 is 4.79 Å². The first-order chi connectivity index (χ1) is 12.9. The first-order valence-corrected chi connectivity index (χ1v) is 8.76. The molecule has 0 aliphatic rings. The highest BCUT2D eigenvalue weighted by Crippen LogP contribution is 2.14. The number of rotatable bonds is 6. The molecular formula is C19H24N6O2. The predicted molar refractivity (Wildman–Crippen MR) is 105 cm³/mol. The summed E-state index contributed by atoms with van der Waals surface area (Å²) in [5.74, 6) is 0.333. The molecule has 3 rings (SSSR count). The van der Waals surface area contributed by atoms with Gasteiger partial charge in [-0.3, -0.25) is 14.3 Å². The third-order valence-electron chi connectivity index (χ3n) is 4.56. The van der Waals surface area contributed by atoms with Crippen molar-refractivity contribution >= 4 is 22.8 Å². The van der Waals surface area contributed by atoms with Crippen LogP contribution in [0.1, 0.15) is 12.1 Å². The highest BCUT2D eigenvalue weighted by atomic mass is 16.2. The molecule has 0 unspecified atom stereocenters. The van der Waals surface area contributed by atoms with E-state index in [1.54, 1.807) is 46.4 Å². The molecule has 0 N–H and O–H groups in total. The Morgan fingerprint density at radius 3 is 2.56 bits per heavy atom. The number of hydrogen-bond acceptors (Lipinski definition) is 5. The third-order valence-corrected chi connectivity index (χ3v) is 4.56. The fourth-order valence-electron chi connectivity index (χ4n) is 2.98. The molecule has 0 aliphatic heterocycles. The molecule has 0 radical (unpaired) electrons. The number of amides is 1. The van der Waals surface area contributed by atoms with Crippen molar-refractivity contribution in [3.8, 4) is 0 Å². The van der Waals surface area contributed by atoms with Gasteiger partial charge < -0.3 is 14.4 Å². The van der Waals surface area contributed by atoms with E-state index in [2.05, 4.69) is 10.1 Å². The number of nitrogens with zero attached hydrogens (tertiary/aromatic N) is 6. The number of aryl methyl sites for hydroxylation is 2. The summed E-state index contributed by atoms with van der Waals surface area (Å²) < 4.78 is 3.38. The molecule has 2 heterocycles. The lowest BCUT2D eigenvalue weighted by molar-refractivity contribution is -0.130. The first kappa shape index (κ1) is 18.6. The summed E-state index contributed by atoms with van der Waals surface area (Å²) in [6.07, 6.45) is 1.94. The Morgan fingerprint density at radius 1 is 1.15 bits per heavy atom. The van der Waals surface area contributed by atoms with Gasteiger partial charge in [0.1, 0.15) is 0 Å². The van der Waals surface area contributed by atoms with Gasteiger partial charge in [-0.15, -0.1) is 0 Å². The first-order valence-electron chi connectivity index (χ1n) is 8.76.